The fourth-order valence-corrected chi connectivity index (χ4v) is 4.21. The molecule has 3 N–H and O–H groups in total. The summed E-state index contributed by atoms with van der Waals surface area (Å²) >= 11 is 0. The average Bonchev–Trinajstić information content (AvgIpc) is 3.08. The Balaban J connectivity index is 1.97. The van der Waals surface area contributed by atoms with Gasteiger partial charge in [-0.2, -0.15) is 5.10 Å². The number of ether oxygens (including phenoxy) is 1. The van der Waals surface area contributed by atoms with E-state index in [0.717, 1.165) is 12.8 Å². The van der Waals surface area contributed by atoms with E-state index in [0.29, 0.717) is 18.3 Å². The zero-order chi connectivity index (χ0) is 15.2. The van der Waals surface area contributed by atoms with Crippen LogP contribution in [0.4, 0.5) is 11.6 Å². The van der Waals surface area contributed by atoms with Crippen LogP contribution in [0.15, 0.2) is 0 Å². The average molecular weight is 314 g/mol. The van der Waals surface area contributed by atoms with Gasteiger partial charge in [-0.05, 0) is 19.3 Å². The lowest BCUT2D eigenvalue weighted by Gasteiger charge is -2.10. The SMILES string of the molecule is COC(=O)c1c(NC2CC2)nn(C2CCS(=O)(=O)C2)c1N. The van der Waals surface area contributed by atoms with Gasteiger partial charge in [-0.1, -0.05) is 0 Å². The molecule has 9 heteroatoms. The number of hydrogen-bond donors (Lipinski definition) is 2. The molecule has 21 heavy (non-hydrogen) atoms. The molecule has 1 aromatic rings. The number of rotatable bonds is 4. The Morgan fingerprint density at radius 1 is 1.43 bits per heavy atom. The summed E-state index contributed by atoms with van der Waals surface area (Å²) in [6.45, 7) is 0. The second-order valence-electron chi connectivity index (χ2n) is 5.52. The minimum absolute atomic E-state index is 0.00234. The number of anilines is 2. The van der Waals surface area contributed by atoms with Crippen molar-refractivity contribution < 1.29 is 17.9 Å². The third-order valence-electron chi connectivity index (χ3n) is 3.81. The monoisotopic (exact) mass is 314 g/mol. The lowest BCUT2D eigenvalue weighted by molar-refractivity contribution is 0.0603. The van der Waals surface area contributed by atoms with Crippen LogP contribution in [0, 0.1) is 0 Å². The third-order valence-corrected chi connectivity index (χ3v) is 5.56. The molecule has 0 bridgehead atoms. The molecule has 1 aromatic heterocycles. The number of aromatic nitrogens is 2. The largest absolute Gasteiger partial charge is 0.465 e. The highest BCUT2D eigenvalue weighted by Gasteiger charge is 2.35. The number of nitrogens with zero attached hydrogens (tertiary/aromatic N) is 2. The standard InChI is InChI=1S/C12H18N4O4S/c1-20-12(17)9-10(13)16(8-4-5-21(18,19)6-8)15-11(9)14-7-2-3-7/h7-8H,2-6,13H2,1H3,(H,14,15). The van der Waals surface area contributed by atoms with E-state index in [4.69, 9.17) is 10.5 Å². The van der Waals surface area contributed by atoms with E-state index in [1.807, 2.05) is 0 Å². The van der Waals surface area contributed by atoms with E-state index < -0.39 is 15.8 Å². The molecule has 0 aromatic carbocycles. The minimum atomic E-state index is -3.05. The van der Waals surface area contributed by atoms with Gasteiger partial charge in [-0.25, -0.2) is 17.9 Å². The maximum atomic E-state index is 11.9. The minimum Gasteiger partial charge on any atom is -0.465 e. The van der Waals surface area contributed by atoms with E-state index in [9.17, 15) is 13.2 Å². The van der Waals surface area contributed by atoms with Crippen molar-refractivity contribution in [3.8, 4) is 0 Å². The van der Waals surface area contributed by atoms with Crippen LogP contribution >= 0.6 is 0 Å². The molecule has 1 aliphatic carbocycles. The maximum Gasteiger partial charge on any atom is 0.345 e. The second-order valence-corrected chi connectivity index (χ2v) is 7.75. The maximum absolute atomic E-state index is 11.9. The predicted molar refractivity (Wildman–Crippen MR) is 76.9 cm³/mol. The molecule has 1 saturated heterocycles. The lowest BCUT2D eigenvalue weighted by Crippen LogP contribution is -2.15. The summed E-state index contributed by atoms with van der Waals surface area (Å²) in [5.74, 6) is 0.0964. The highest BCUT2D eigenvalue weighted by atomic mass is 32.2. The number of carbonyl (C=O) groups is 1. The van der Waals surface area contributed by atoms with Crippen LogP contribution in [0.5, 0.6) is 0 Å². The van der Waals surface area contributed by atoms with Crippen molar-refractivity contribution >= 4 is 27.4 Å². The molecule has 1 atom stereocenters. The molecular weight excluding hydrogens is 296 g/mol. The van der Waals surface area contributed by atoms with Crippen molar-refractivity contribution in [1.29, 1.82) is 0 Å². The van der Waals surface area contributed by atoms with Gasteiger partial charge < -0.3 is 15.8 Å². The van der Waals surface area contributed by atoms with Crippen molar-refractivity contribution in [1.82, 2.24) is 9.78 Å². The van der Waals surface area contributed by atoms with Gasteiger partial charge >= 0.3 is 5.97 Å². The van der Waals surface area contributed by atoms with Crippen LogP contribution in [0.1, 0.15) is 35.7 Å². The first-order chi connectivity index (χ1) is 9.91. The first-order valence-electron chi connectivity index (χ1n) is 6.84. The number of hydrogen-bond acceptors (Lipinski definition) is 7. The first-order valence-corrected chi connectivity index (χ1v) is 8.66. The zero-order valence-corrected chi connectivity index (χ0v) is 12.5. The van der Waals surface area contributed by atoms with Crippen LogP contribution in [-0.4, -0.2) is 48.8 Å². The number of sulfone groups is 1. The molecule has 0 amide bonds. The van der Waals surface area contributed by atoms with E-state index >= 15 is 0 Å². The summed E-state index contributed by atoms with van der Waals surface area (Å²) < 4.78 is 29.4. The molecule has 8 nitrogen and oxygen atoms in total. The first kappa shape index (κ1) is 14.2. The number of nitrogens with one attached hydrogen (secondary N) is 1. The highest BCUT2D eigenvalue weighted by Crippen LogP contribution is 2.33. The van der Waals surface area contributed by atoms with Gasteiger partial charge in [0, 0.05) is 6.04 Å². The molecular formula is C12H18N4O4S. The lowest BCUT2D eigenvalue weighted by atomic mass is 10.2. The topological polar surface area (TPSA) is 116 Å². The van der Waals surface area contributed by atoms with E-state index in [1.165, 1.54) is 11.8 Å². The van der Waals surface area contributed by atoms with Gasteiger partial charge in [0.2, 0.25) is 0 Å². The molecule has 2 fully saturated rings. The van der Waals surface area contributed by atoms with Crippen molar-refractivity contribution in [2.45, 2.75) is 31.3 Å². The van der Waals surface area contributed by atoms with Crippen molar-refractivity contribution in [3.63, 3.8) is 0 Å². The highest BCUT2D eigenvalue weighted by molar-refractivity contribution is 7.91. The molecule has 2 aliphatic rings. The Hall–Kier alpha value is -1.77. The van der Waals surface area contributed by atoms with Crippen LogP contribution in [0.2, 0.25) is 0 Å². The number of carbonyl (C=O) groups excluding carboxylic acids is 1. The quantitative estimate of drug-likeness (QED) is 0.762. The van der Waals surface area contributed by atoms with Gasteiger partial charge in [0.15, 0.2) is 15.7 Å². The summed E-state index contributed by atoms with van der Waals surface area (Å²) in [5, 5.41) is 7.46. The number of nitrogen functional groups attached to an aromatic ring is 1. The molecule has 3 rings (SSSR count). The van der Waals surface area contributed by atoms with Gasteiger partial charge in [-0.3, -0.25) is 0 Å². The number of methoxy groups -OCH3 is 1. The summed E-state index contributed by atoms with van der Waals surface area (Å²) in [6.07, 6.45) is 2.49. The summed E-state index contributed by atoms with van der Waals surface area (Å²) in [4.78, 5) is 11.9. The Kier molecular flexibility index (Phi) is 3.31. The number of nitrogens with two attached hydrogens (primary N) is 1. The van der Waals surface area contributed by atoms with Gasteiger partial charge in [-0.15, -0.1) is 0 Å². The normalized spacial score (nSPS) is 24.0. The second kappa shape index (κ2) is 4.90. The molecule has 2 heterocycles. The molecule has 0 radical (unpaired) electrons. The Bertz CT molecular complexity index is 678. The van der Waals surface area contributed by atoms with E-state index in [1.54, 1.807) is 0 Å². The molecule has 1 aliphatic heterocycles. The molecule has 1 saturated carbocycles. The van der Waals surface area contributed by atoms with E-state index in [2.05, 4.69) is 10.4 Å². The Morgan fingerprint density at radius 2 is 2.14 bits per heavy atom. The summed E-state index contributed by atoms with van der Waals surface area (Å²) in [6, 6.07) is -0.0309. The van der Waals surface area contributed by atoms with Crippen molar-refractivity contribution in [2.24, 2.45) is 0 Å². The smallest absolute Gasteiger partial charge is 0.345 e. The van der Waals surface area contributed by atoms with Crippen LogP contribution in [0.3, 0.4) is 0 Å². The summed E-state index contributed by atoms with van der Waals surface area (Å²) in [5.41, 5.74) is 6.20. The van der Waals surface area contributed by atoms with Gasteiger partial charge in [0.25, 0.3) is 0 Å². The third kappa shape index (κ3) is 2.69. The van der Waals surface area contributed by atoms with E-state index in [-0.39, 0.29) is 28.9 Å². The van der Waals surface area contributed by atoms with Crippen LogP contribution in [0.25, 0.3) is 0 Å². The van der Waals surface area contributed by atoms with Crippen molar-refractivity contribution in [2.75, 3.05) is 29.7 Å². The fraction of sp³-hybridized carbons (Fsp3) is 0.667. The number of esters is 1. The predicted octanol–water partition coefficient (Wildman–Crippen LogP) is 0.186. The Morgan fingerprint density at radius 3 is 2.67 bits per heavy atom. The zero-order valence-electron chi connectivity index (χ0n) is 11.7. The van der Waals surface area contributed by atoms with Crippen molar-refractivity contribution in [3.05, 3.63) is 5.56 Å². The Labute approximate surface area is 122 Å². The molecule has 116 valence electrons. The van der Waals surface area contributed by atoms with Gasteiger partial charge in [0.05, 0.1) is 24.7 Å². The fourth-order valence-electron chi connectivity index (χ4n) is 2.52. The molecule has 0 spiro atoms. The van der Waals surface area contributed by atoms with Gasteiger partial charge in [0.1, 0.15) is 11.4 Å². The van der Waals surface area contributed by atoms with Crippen LogP contribution in [-0.2, 0) is 14.6 Å². The summed E-state index contributed by atoms with van der Waals surface area (Å²) in [7, 11) is -1.78. The van der Waals surface area contributed by atoms with Crippen LogP contribution < -0.4 is 11.1 Å². The molecule has 1 unspecified atom stereocenters.